The lowest BCUT2D eigenvalue weighted by molar-refractivity contribution is -0.134. The number of piperidine rings is 1. The number of aromatic nitrogens is 4. The highest BCUT2D eigenvalue weighted by Crippen LogP contribution is 2.56. The van der Waals surface area contributed by atoms with Crippen LogP contribution in [0.5, 0.6) is 0 Å². The number of hydrogen-bond donors (Lipinski definition) is 0. The minimum atomic E-state index is -2.65. The maximum Gasteiger partial charge on any atom is 0.280 e. The van der Waals surface area contributed by atoms with E-state index in [1.54, 1.807) is 0 Å². The summed E-state index contributed by atoms with van der Waals surface area (Å²) in [6.45, 7) is 1.33. The number of fused-ring (bicyclic) bond motifs is 2. The standard InChI is InChI=1S/C19H23F2N5O/c20-17(21)15-8-14(24-19-22-10-23-26(15)19)11-4-3-7-25(9-11)18(27)16-12-5-1-2-6-13(12)16/h8,10-13,16-17H,1-7,9H2/t11-,12-,13+,16?/m1/s1. The van der Waals surface area contributed by atoms with Gasteiger partial charge in [-0.3, -0.25) is 4.79 Å². The predicted molar refractivity (Wildman–Crippen MR) is 93.2 cm³/mol. The second kappa shape index (κ2) is 6.49. The average molecular weight is 375 g/mol. The third-order valence-corrected chi connectivity index (χ3v) is 6.62. The molecule has 1 saturated heterocycles. The minimum absolute atomic E-state index is 0.0253. The minimum Gasteiger partial charge on any atom is -0.342 e. The average Bonchev–Trinajstić information content (AvgIpc) is 3.22. The van der Waals surface area contributed by atoms with Gasteiger partial charge in [-0.15, -0.1) is 0 Å². The summed E-state index contributed by atoms with van der Waals surface area (Å²) in [4.78, 5) is 23.4. The molecule has 3 fully saturated rings. The summed E-state index contributed by atoms with van der Waals surface area (Å²) in [5.41, 5.74) is 0.403. The van der Waals surface area contributed by atoms with E-state index in [1.165, 1.54) is 38.1 Å². The second-order valence-corrected chi connectivity index (χ2v) is 8.14. The fourth-order valence-corrected chi connectivity index (χ4v) is 5.21. The van der Waals surface area contributed by atoms with Crippen molar-refractivity contribution < 1.29 is 13.6 Å². The maximum atomic E-state index is 13.4. The number of likely N-dealkylation sites (tertiary alicyclic amines) is 1. The van der Waals surface area contributed by atoms with Crippen LogP contribution in [0.15, 0.2) is 12.4 Å². The Hall–Kier alpha value is -2.12. The molecule has 8 heteroatoms. The molecule has 0 spiro atoms. The van der Waals surface area contributed by atoms with Crippen LogP contribution in [-0.4, -0.2) is 43.5 Å². The summed E-state index contributed by atoms with van der Waals surface area (Å²) in [6.07, 6.45) is 5.17. The van der Waals surface area contributed by atoms with E-state index in [1.807, 2.05) is 4.90 Å². The lowest BCUT2D eigenvalue weighted by atomic mass is 9.93. The Morgan fingerprint density at radius 1 is 1.15 bits per heavy atom. The monoisotopic (exact) mass is 375 g/mol. The molecule has 0 radical (unpaired) electrons. The van der Waals surface area contributed by atoms with Gasteiger partial charge in [0.25, 0.3) is 12.2 Å². The molecule has 5 rings (SSSR count). The zero-order chi connectivity index (χ0) is 18.5. The van der Waals surface area contributed by atoms with E-state index in [2.05, 4.69) is 15.1 Å². The van der Waals surface area contributed by atoms with Crippen LogP contribution in [0.25, 0.3) is 5.78 Å². The van der Waals surface area contributed by atoms with Crippen molar-refractivity contribution >= 4 is 11.7 Å². The number of hydrogen-bond acceptors (Lipinski definition) is 4. The van der Waals surface area contributed by atoms with Crippen molar-refractivity contribution in [3.8, 4) is 0 Å². The topological polar surface area (TPSA) is 63.4 Å². The molecule has 3 heterocycles. The smallest absolute Gasteiger partial charge is 0.280 e. The van der Waals surface area contributed by atoms with Gasteiger partial charge >= 0.3 is 0 Å². The third kappa shape index (κ3) is 2.89. The van der Waals surface area contributed by atoms with Gasteiger partial charge in [0.2, 0.25) is 5.91 Å². The first-order valence-corrected chi connectivity index (χ1v) is 9.91. The highest BCUT2D eigenvalue weighted by Gasteiger charge is 2.56. The molecule has 0 bridgehead atoms. The van der Waals surface area contributed by atoms with Crippen LogP contribution in [0.2, 0.25) is 0 Å². The van der Waals surface area contributed by atoms with Gasteiger partial charge in [-0.1, -0.05) is 12.8 Å². The van der Waals surface area contributed by atoms with Crippen molar-refractivity contribution in [1.29, 1.82) is 0 Å². The van der Waals surface area contributed by atoms with E-state index in [-0.39, 0.29) is 29.2 Å². The second-order valence-electron chi connectivity index (χ2n) is 8.14. The van der Waals surface area contributed by atoms with Crippen LogP contribution in [0.1, 0.15) is 62.3 Å². The molecule has 6 nitrogen and oxygen atoms in total. The van der Waals surface area contributed by atoms with Crippen molar-refractivity contribution in [3.05, 3.63) is 23.8 Å². The van der Waals surface area contributed by atoms with E-state index in [0.29, 0.717) is 24.1 Å². The van der Waals surface area contributed by atoms with Crippen LogP contribution in [-0.2, 0) is 4.79 Å². The predicted octanol–water partition coefficient (Wildman–Crippen LogP) is 3.20. The summed E-state index contributed by atoms with van der Waals surface area (Å²) in [5.74, 6) is 1.82. The van der Waals surface area contributed by atoms with Crippen LogP contribution >= 0.6 is 0 Å². The first kappa shape index (κ1) is 17.0. The number of halogens is 2. The van der Waals surface area contributed by atoms with Gasteiger partial charge in [0.15, 0.2) is 0 Å². The Labute approximate surface area is 156 Å². The van der Waals surface area contributed by atoms with Crippen molar-refractivity contribution in [2.75, 3.05) is 13.1 Å². The van der Waals surface area contributed by atoms with E-state index >= 15 is 0 Å². The van der Waals surface area contributed by atoms with E-state index in [4.69, 9.17) is 0 Å². The Morgan fingerprint density at radius 3 is 2.67 bits per heavy atom. The number of rotatable bonds is 3. The van der Waals surface area contributed by atoms with Gasteiger partial charge in [-0.05, 0) is 43.6 Å². The summed E-state index contributed by atoms with van der Waals surface area (Å²) in [6, 6.07) is 1.43. The molecule has 2 saturated carbocycles. The van der Waals surface area contributed by atoms with Gasteiger partial charge in [-0.2, -0.15) is 14.6 Å². The highest BCUT2D eigenvalue weighted by atomic mass is 19.3. The Morgan fingerprint density at radius 2 is 1.93 bits per heavy atom. The molecule has 2 aliphatic carbocycles. The Bertz CT molecular complexity index is 857. The van der Waals surface area contributed by atoms with Gasteiger partial charge in [0.1, 0.15) is 12.0 Å². The molecule has 3 aliphatic rings. The fourth-order valence-electron chi connectivity index (χ4n) is 5.21. The fraction of sp³-hybridized carbons (Fsp3) is 0.684. The molecule has 1 unspecified atom stereocenters. The Balaban J connectivity index is 1.37. The molecule has 27 heavy (non-hydrogen) atoms. The van der Waals surface area contributed by atoms with E-state index < -0.39 is 6.43 Å². The first-order chi connectivity index (χ1) is 13.1. The van der Waals surface area contributed by atoms with Crippen molar-refractivity contribution in [2.45, 2.75) is 50.9 Å². The van der Waals surface area contributed by atoms with E-state index in [0.717, 1.165) is 23.9 Å². The van der Waals surface area contributed by atoms with E-state index in [9.17, 15) is 13.6 Å². The summed E-state index contributed by atoms with van der Waals surface area (Å²) in [5, 5.41) is 3.84. The molecule has 2 aromatic heterocycles. The van der Waals surface area contributed by atoms with Crippen molar-refractivity contribution in [2.24, 2.45) is 17.8 Å². The van der Waals surface area contributed by atoms with Gasteiger partial charge in [0, 0.05) is 24.9 Å². The normalized spacial score (nSPS) is 30.6. The van der Waals surface area contributed by atoms with Crippen LogP contribution in [0.4, 0.5) is 8.78 Å². The quantitative estimate of drug-likeness (QED) is 0.826. The molecule has 0 N–H and O–H groups in total. The van der Waals surface area contributed by atoms with Crippen LogP contribution in [0.3, 0.4) is 0 Å². The zero-order valence-electron chi connectivity index (χ0n) is 15.1. The molecule has 2 aromatic rings. The lowest BCUT2D eigenvalue weighted by Crippen LogP contribution is -2.40. The number of alkyl halides is 2. The Kier molecular flexibility index (Phi) is 4.09. The molecule has 144 valence electrons. The largest absolute Gasteiger partial charge is 0.342 e. The van der Waals surface area contributed by atoms with Crippen LogP contribution in [0, 0.1) is 17.8 Å². The van der Waals surface area contributed by atoms with Gasteiger partial charge < -0.3 is 4.90 Å². The highest BCUT2D eigenvalue weighted by molar-refractivity contribution is 5.82. The molecular weight excluding hydrogens is 352 g/mol. The first-order valence-electron chi connectivity index (χ1n) is 9.91. The van der Waals surface area contributed by atoms with Crippen LogP contribution < -0.4 is 0 Å². The SMILES string of the molecule is O=C(C1[C@H]2CCCC[C@@H]12)N1CCC[C@@H](c2cc(C(F)F)n3ncnc3n2)C1. The summed E-state index contributed by atoms with van der Waals surface area (Å²) < 4.78 is 28.0. The number of carbonyl (C=O) groups is 1. The summed E-state index contributed by atoms with van der Waals surface area (Å²) in [7, 11) is 0. The maximum absolute atomic E-state index is 13.4. The molecule has 1 amide bonds. The number of carbonyl (C=O) groups excluding carboxylic acids is 1. The molecule has 4 atom stereocenters. The van der Waals surface area contributed by atoms with Gasteiger partial charge in [-0.25, -0.2) is 13.8 Å². The third-order valence-electron chi connectivity index (χ3n) is 6.62. The van der Waals surface area contributed by atoms with Gasteiger partial charge in [0.05, 0.1) is 5.69 Å². The molecule has 1 aliphatic heterocycles. The lowest BCUT2D eigenvalue weighted by Gasteiger charge is -2.33. The van der Waals surface area contributed by atoms with Crippen molar-refractivity contribution in [3.63, 3.8) is 0 Å². The summed E-state index contributed by atoms with van der Waals surface area (Å²) >= 11 is 0. The number of amides is 1. The number of nitrogens with zero attached hydrogens (tertiary/aromatic N) is 5. The van der Waals surface area contributed by atoms with Crippen molar-refractivity contribution in [1.82, 2.24) is 24.5 Å². The molecule has 0 aromatic carbocycles. The zero-order valence-corrected chi connectivity index (χ0v) is 15.1. The molecular formula is C19H23F2N5O.